The number of aromatic nitrogens is 3. The second kappa shape index (κ2) is 5.76. The van der Waals surface area contributed by atoms with Crippen LogP contribution in [0.4, 0.5) is 5.82 Å². The van der Waals surface area contributed by atoms with Crippen molar-refractivity contribution in [1.29, 1.82) is 0 Å². The van der Waals surface area contributed by atoms with Crippen molar-refractivity contribution in [2.45, 2.75) is 18.9 Å². The molecule has 0 radical (unpaired) electrons. The van der Waals surface area contributed by atoms with Gasteiger partial charge >= 0.3 is 0 Å². The Morgan fingerprint density at radius 3 is 2.82 bits per heavy atom. The summed E-state index contributed by atoms with van der Waals surface area (Å²) in [5.74, 6) is 0.224. The molecule has 0 bridgehead atoms. The number of nitrogens with one attached hydrogen (secondary N) is 1. The summed E-state index contributed by atoms with van der Waals surface area (Å²) >= 11 is 6.09. The molecule has 0 aliphatic carbocycles. The molecule has 1 fully saturated rings. The molecule has 1 unspecified atom stereocenters. The lowest BCUT2D eigenvalue weighted by Gasteiger charge is -2.24. The first-order valence-electron chi connectivity index (χ1n) is 6.84. The number of anilines is 1. The Kier molecular flexibility index (Phi) is 3.81. The van der Waals surface area contributed by atoms with Crippen LogP contribution in [0.15, 0.2) is 29.3 Å². The van der Waals surface area contributed by atoms with Crippen LogP contribution in [0.5, 0.6) is 0 Å². The maximum atomic E-state index is 12.1. The molecule has 2 aromatic rings. The second-order valence-corrected chi connectivity index (χ2v) is 5.42. The number of primary amides is 1. The van der Waals surface area contributed by atoms with Crippen molar-refractivity contribution in [2.75, 3.05) is 11.4 Å². The number of carbonyl (C=O) groups excluding carboxylic acids is 1. The SMILES string of the molecule is NC(=O)C1CCCN1c1nc(-c2ccncc2)[nH]c(=O)c1Cl. The Balaban J connectivity index is 2.10. The zero-order valence-corrected chi connectivity index (χ0v) is 12.4. The summed E-state index contributed by atoms with van der Waals surface area (Å²) in [6.45, 7) is 0.583. The fourth-order valence-corrected chi connectivity index (χ4v) is 2.80. The normalized spacial score (nSPS) is 17.7. The smallest absolute Gasteiger partial charge is 0.272 e. The monoisotopic (exact) mass is 319 g/mol. The van der Waals surface area contributed by atoms with E-state index in [1.54, 1.807) is 29.4 Å². The van der Waals surface area contributed by atoms with Crippen LogP contribution in [-0.2, 0) is 4.79 Å². The van der Waals surface area contributed by atoms with Crippen molar-refractivity contribution in [3.05, 3.63) is 39.9 Å². The van der Waals surface area contributed by atoms with Crippen molar-refractivity contribution in [1.82, 2.24) is 15.0 Å². The lowest BCUT2D eigenvalue weighted by molar-refractivity contribution is -0.119. The Morgan fingerprint density at radius 2 is 2.14 bits per heavy atom. The molecule has 1 atom stereocenters. The number of pyridine rings is 1. The van der Waals surface area contributed by atoms with Gasteiger partial charge in [-0.15, -0.1) is 0 Å². The number of hydrogen-bond donors (Lipinski definition) is 2. The minimum Gasteiger partial charge on any atom is -0.368 e. The number of nitrogens with zero attached hydrogens (tertiary/aromatic N) is 3. The minimum atomic E-state index is -0.489. The van der Waals surface area contributed by atoms with Gasteiger partial charge in [-0.3, -0.25) is 14.6 Å². The topological polar surface area (TPSA) is 105 Å². The van der Waals surface area contributed by atoms with Gasteiger partial charge in [-0.05, 0) is 25.0 Å². The van der Waals surface area contributed by atoms with E-state index in [4.69, 9.17) is 17.3 Å². The molecule has 114 valence electrons. The number of hydrogen-bond acceptors (Lipinski definition) is 5. The number of halogens is 1. The van der Waals surface area contributed by atoms with Crippen LogP contribution in [0, 0.1) is 0 Å². The van der Waals surface area contributed by atoms with Gasteiger partial charge in [0.15, 0.2) is 5.82 Å². The summed E-state index contributed by atoms with van der Waals surface area (Å²) in [6.07, 6.45) is 4.63. The quantitative estimate of drug-likeness (QED) is 0.876. The second-order valence-electron chi connectivity index (χ2n) is 5.04. The van der Waals surface area contributed by atoms with Gasteiger partial charge in [-0.2, -0.15) is 0 Å². The Hall–Kier alpha value is -2.41. The van der Waals surface area contributed by atoms with E-state index in [2.05, 4.69) is 15.0 Å². The van der Waals surface area contributed by atoms with E-state index >= 15 is 0 Å². The zero-order chi connectivity index (χ0) is 15.7. The maximum Gasteiger partial charge on any atom is 0.272 e. The first-order valence-corrected chi connectivity index (χ1v) is 7.22. The average molecular weight is 320 g/mol. The predicted octanol–water partition coefficient (Wildman–Crippen LogP) is 0.939. The fourth-order valence-electron chi connectivity index (χ4n) is 2.60. The number of amides is 1. The highest BCUT2D eigenvalue weighted by molar-refractivity contribution is 6.32. The van der Waals surface area contributed by atoms with Crippen molar-refractivity contribution in [3.63, 3.8) is 0 Å². The van der Waals surface area contributed by atoms with Crippen molar-refractivity contribution < 1.29 is 4.79 Å². The molecule has 1 aliphatic heterocycles. The number of rotatable bonds is 3. The van der Waals surface area contributed by atoms with Crippen molar-refractivity contribution >= 4 is 23.3 Å². The molecule has 1 saturated heterocycles. The molecule has 0 aromatic carbocycles. The number of nitrogens with two attached hydrogens (primary N) is 1. The van der Waals surface area contributed by atoms with E-state index in [1.807, 2.05) is 0 Å². The summed E-state index contributed by atoms with van der Waals surface area (Å²) in [7, 11) is 0. The van der Waals surface area contributed by atoms with Crippen molar-refractivity contribution in [2.24, 2.45) is 5.73 Å². The molecule has 1 aliphatic rings. The van der Waals surface area contributed by atoms with Gasteiger partial charge in [0.25, 0.3) is 5.56 Å². The molecule has 3 N–H and O–H groups in total. The maximum absolute atomic E-state index is 12.1. The molecule has 2 aromatic heterocycles. The molecule has 8 heteroatoms. The number of aromatic amines is 1. The molecular weight excluding hydrogens is 306 g/mol. The molecule has 7 nitrogen and oxygen atoms in total. The highest BCUT2D eigenvalue weighted by atomic mass is 35.5. The highest BCUT2D eigenvalue weighted by Gasteiger charge is 2.32. The average Bonchev–Trinajstić information content (AvgIpc) is 3.00. The van der Waals surface area contributed by atoms with Crippen LogP contribution in [0.2, 0.25) is 5.02 Å². The van der Waals surface area contributed by atoms with Gasteiger partial charge < -0.3 is 15.6 Å². The van der Waals surface area contributed by atoms with Crippen LogP contribution in [-0.4, -0.2) is 33.4 Å². The van der Waals surface area contributed by atoms with Gasteiger partial charge in [-0.1, -0.05) is 11.6 Å². The third kappa shape index (κ3) is 2.55. The third-order valence-corrected chi connectivity index (χ3v) is 3.99. The Bertz CT molecular complexity index is 762. The van der Waals surface area contributed by atoms with E-state index < -0.39 is 17.5 Å². The standard InChI is InChI=1S/C14H14ClN5O2/c15-10-13(20-7-1-2-9(20)11(16)21)18-12(19-14(10)22)8-3-5-17-6-4-8/h3-6,9H,1-2,7H2,(H2,16,21)(H,18,19,22). The number of carbonyl (C=O) groups is 1. The molecular formula is C14H14ClN5O2. The van der Waals surface area contributed by atoms with E-state index in [0.717, 1.165) is 6.42 Å². The predicted molar refractivity (Wildman–Crippen MR) is 82.7 cm³/mol. The van der Waals surface area contributed by atoms with Gasteiger partial charge in [0.1, 0.15) is 16.9 Å². The van der Waals surface area contributed by atoms with E-state index in [9.17, 15) is 9.59 Å². The highest BCUT2D eigenvalue weighted by Crippen LogP contribution is 2.29. The van der Waals surface area contributed by atoms with Crippen LogP contribution in [0.25, 0.3) is 11.4 Å². The van der Waals surface area contributed by atoms with E-state index in [-0.39, 0.29) is 5.02 Å². The third-order valence-electron chi connectivity index (χ3n) is 3.65. The Morgan fingerprint density at radius 1 is 1.41 bits per heavy atom. The summed E-state index contributed by atoms with van der Waals surface area (Å²) in [5, 5.41) is -0.0362. The lowest BCUT2D eigenvalue weighted by atomic mass is 10.2. The molecule has 22 heavy (non-hydrogen) atoms. The largest absolute Gasteiger partial charge is 0.368 e. The molecule has 3 heterocycles. The van der Waals surface area contributed by atoms with Gasteiger partial charge in [0, 0.05) is 24.5 Å². The van der Waals surface area contributed by atoms with E-state index in [1.165, 1.54) is 0 Å². The first kappa shape index (κ1) is 14.5. The van der Waals surface area contributed by atoms with E-state index in [0.29, 0.717) is 30.2 Å². The number of H-pyrrole nitrogens is 1. The lowest BCUT2D eigenvalue weighted by Crippen LogP contribution is -2.41. The van der Waals surface area contributed by atoms with Gasteiger partial charge in [-0.25, -0.2) is 4.98 Å². The fraction of sp³-hybridized carbons (Fsp3) is 0.286. The molecule has 1 amide bonds. The van der Waals surface area contributed by atoms with Gasteiger partial charge in [0.2, 0.25) is 5.91 Å². The van der Waals surface area contributed by atoms with Crippen LogP contribution >= 0.6 is 11.6 Å². The summed E-state index contributed by atoms with van der Waals surface area (Å²) < 4.78 is 0. The summed E-state index contributed by atoms with van der Waals surface area (Å²) in [5.41, 5.74) is 5.67. The van der Waals surface area contributed by atoms with Crippen LogP contribution < -0.4 is 16.2 Å². The van der Waals surface area contributed by atoms with Crippen molar-refractivity contribution in [3.8, 4) is 11.4 Å². The van der Waals surface area contributed by atoms with Gasteiger partial charge in [0.05, 0.1) is 0 Å². The molecule has 0 spiro atoms. The summed E-state index contributed by atoms with van der Waals surface area (Å²) in [4.78, 5) is 36.3. The Labute approximate surface area is 131 Å². The first-order chi connectivity index (χ1) is 10.6. The van der Waals surface area contributed by atoms with Crippen LogP contribution in [0.3, 0.4) is 0 Å². The van der Waals surface area contributed by atoms with Crippen LogP contribution in [0.1, 0.15) is 12.8 Å². The molecule has 0 saturated carbocycles. The summed E-state index contributed by atoms with van der Waals surface area (Å²) in [6, 6.07) is 2.97. The zero-order valence-electron chi connectivity index (χ0n) is 11.6. The minimum absolute atomic E-state index is 0.0362. The molecule has 3 rings (SSSR count).